The van der Waals surface area contributed by atoms with E-state index in [0.717, 1.165) is 44.9 Å². The van der Waals surface area contributed by atoms with E-state index in [4.69, 9.17) is 0 Å². The number of carbonyl (C=O) groups excluding carboxylic acids is 1. The lowest BCUT2D eigenvalue weighted by Gasteiger charge is -2.21. The predicted octanol–water partition coefficient (Wildman–Crippen LogP) is 1.52. The van der Waals surface area contributed by atoms with Gasteiger partial charge >= 0.3 is 0 Å². The average molecular weight is 292 g/mol. The Labute approximate surface area is 127 Å². The fourth-order valence-electron chi connectivity index (χ4n) is 3.18. The van der Waals surface area contributed by atoms with Gasteiger partial charge in [-0.3, -0.25) is 4.79 Å². The SMILES string of the molecule is C=CCN=C(NCC)NC1CCN(C(=O)C2CCCC2)C1. The summed E-state index contributed by atoms with van der Waals surface area (Å²) in [7, 11) is 0. The topological polar surface area (TPSA) is 56.7 Å². The maximum Gasteiger partial charge on any atom is 0.225 e. The fourth-order valence-corrected chi connectivity index (χ4v) is 3.18. The van der Waals surface area contributed by atoms with E-state index in [1.807, 2.05) is 4.90 Å². The number of guanidine groups is 1. The van der Waals surface area contributed by atoms with Gasteiger partial charge in [-0.15, -0.1) is 6.58 Å². The van der Waals surface area contributed by atoms with E-state index in [0.29, 0.717) is 18.5 Å². The molecule has 5 heteroatoms. The van der Waals surface area contributed by atoms with Gasteiger partial charge < -0.3 is 15.5 Å². The van der Waals surface area contributed by atoms with Crippen molar-refractivity contribution in [3.05, 3.63) is 12.7 Å². The van der Waals surface area contributed by atoms with E-state index < -0.39 is 0 Å². The van der Waals surface area contributed by atoms with Crippen LogP contribution in [-0.4, -0.2) is 49.0 Å². The Morgan fingerprint density at radius 2 is 2.14 bits per heavy atom. The molecule has 2 N–H and O–H groups in total. The molecule has 1 aliphatic heterocycles. The van der Waals surface area contributed by atoms with Crippen LogP contribution in [0.15, 0.2) is 17.6 Å². The van der Waals surface area contributed by atoms with Crippen molar-refractivity contribution in [3.63, 3.8) is 0 Å². The molecule has 1 saturated heterocycles. The van der Waals surface area contributed by atoms with E-state index in [1.165, 1.54) is 12.8 Å². The van der Waals surface area contributed by atoms with Crippen molar-refractivity contribution in [1.29, 1.82) is 0 Å². The molecule has 2 aliphatic rings. The Morgan fingerprint density at radius 3 is 2.81 bits per heavy atom. The highest BCUT2D eigenvalue weighted by Crippen LogP contribution is 2.27. The molecule has 1 aliphatic carbocycles. The Bertz CT molecular complexity index is 388. The number of rotatable bonds is 5. The molecule has 2 fully saturated rings. The molecule has 0 bridgehead atoms. The largest absolute Gasteiger partial charge is 0.357 e. The standard InChI is InChI=1S/C16H28N4O/c1-3-10-18-16(17-4-2)19-14-9-11-20(12-14)15(21)13-7-5-6-8-13/h3,13-14H,1,4-12H2,2H3,(H2,17,18,19). The fraction of sp³-hybridized carbons (Fsp3) is 0.750. The second-order valence-corrected chi connectivity index (χ2v) is 5.90. The monoisotopic (exact) mass is 292 g/mol. The van der Waals surface area contributed by atoms with Crippen LogP contribution < -0.4 is 10.6 Å². The number of hydrogen-bond acceptors (Lipinski definition) is 2. The summed E-state index contributed by atoms with van der Waals surface area (Å²) >= 11 is 0. The third-order valence-corrected chi connectivity index (χ3v) is 4.27. The second-order valence-electron chi connectivity index (χ2n) is 5.90. The zero-order valence-electron chi connectivity index (χ0n) is 13.1. The number of aliphatic imine (C=N–C) groups is 1. The highest BCUT2D eigenvalue weighted by atomic mass is 16.2. The van der Waals surface area contributed by atoms with Gasteiger partial charge in [0.25, 0.3) is 0 Å². The Hall–Kier alpha value is -1.52. The molecular formula is C16H28N4O. The Morgan fingerprint density at radius 1 is 1.38 bits per heavy atom. The molecule has 21 heavy (non-hydrogen) atoms. The first-order valence-electron chi connectivity index (χ1n) is 8.19. The van der Waals surface area contributed by atoms with Gasteiger partial charge in [-0.2, -0.15) is 0 Å². The number of hydrogen-bond donors (Lipinski definition) is 2. The summed E-state index contributed by atoms with van der Waals surface area (Å²) in [6.45, 7) is 8.85. The predicted molar refractivity (Wildman–Crippen MR) is 86.3 cm³/mol. The number of nitrogens with zero attached hydrogens (tertiary/aromatic N) is 2. The van der Waals surface area contributed by atoms with Crippen LogP contribution in [0, 0.1) is 5.92 Å². The molecule has 1 saturated carbocycles. The molecule has 1 unspecified atom stereocenters. The molecule has 0 aromatic heterocycles. The minimum absolute atomic E-state index is 0.284. The van der Waals surface area contributed by atoms with Crippen LogP contribution in [0.5, 0.6) is 0 Å². The van der Waals surface area contributed by atoms with Gasteiger partial charge in [-0.05, 0) is 26.2 Å². The summed E-state index contributed by atoms with van der Waals surface area (Å²) < 4.78 is 0. The maximum atomic E-state index is 12.4. The van der Waals surface area contributed by atoms with E-state index >= 15 is 0 Å². The van der Waals surface area contributed by atoms with Crippen molar-refractivity contribution in [2.24, 2.45) is 10.9 Å². The Balaban J connectivity index is 1.83. The third kappa shape index (κ3) is 4.48. The van der Waals surface area contributed by atoms with Crippen molar-refractivity contribution < 1.29 is 4.79 Å². The molecule has 5 nitrogen and oxygen atoms in total. The van der Waals surface area contributed by atoms with Crippen LogP contribution in [-0.2, 0) is 4.79 Å². The number of likely N-dealkylation sites (tertiary alicyclic amines) is 1. The second kappa shape index (κ2) is 8.05. The summed E-state index contributed by atoms with van der Waals surface area (Å²) in [6.07, 6.45) is 7.36. The first-order chi connectivity index (χ1) is 10.2. The van der Waals surface area contributed by atoms with E-state index in [-0.39, 0.29) is 5.92 Å². The summed E-state index contributed by atoms with van der Waals surface area (Å²) in [4.78, 5) is 18.9. The quantitative estimate of drug-likeness (QED) is 0.459. The van der Waals surface area contributed by atoms with Gasteiger partial charge in [0.1, 0.15) is 0 Å². The molecule has 1 heterocycles. The van der Waals surface area contributed by atoms with Gasteiger partial charge in [-0.1, -0.05) is 18.9 Å². The minimum atomic E-state index is 0.284. The van der Waals surface area contributed by atoms with Crippen LogP contribution >= 0.6 is 0 Å². The zero-order valence-corrected chi connectivity index (χ0v) is 13.1. The average Bonchev–Trinajstić information content (AvgIpc) is 3.15. The van der Waals surface area contributed by atoms with Crippen LogP contribution in [0.25, 0.3) is 0 Å². The molecule has 2 rings (SSSR count). The maximum absolute atomic E-state index is 12.4. The highest BCUT2D eigenvalue weighted by Gasteiger charge is 2.32. The van der Waals surface area contributed by atoms with Gasteiger partial charge in [0.2, 0.25) is 5.91 Å². The van der Waals surface area contributed by atoms with Crippen molar-refractivity contribution in [2.45, 2.75) is 45.1 Å². The van der Waals surface area contributed by atoms with Gasteiger partial charge in [0.15, 0.2) is 5.96 Å². The van der Waals surface area contributed by atoms with E-state index in [1.54, 1.807) is 6.08 Å². The van der Waals surface area contributed by atoms with Crippen LogP contribution in [0.2, 0.25) is 0 Å². The van der Waals surface area contributed by atoms with E-state index in [2.05, 4.69) is 29.1 Å². The molecular weight excluding hydrogens is 264 g/mol. The molecule has 0 aromatic rings. The Kier molecular flexibility index (Phi) is 6.08. The summed E-state index contributed by atoms with van der Waals surface area (Å²) in [6, 6.07) is 0.304. The van der Waals surface area contributed by atoms with Crippen LogP contribution in [0.4, 0.5) is 0 Å². The van der Waals surface area contributed by atoms with E-state index in [9.17, 15) is 4.79 Å². The lowest BCUT2D eigenvalue weighted by atomic mass is 10.1. The minimum Gasteiger partial charge on any atom is -0.357 e. The number of nitrogens with one attached hydrogen (secondary N) is 2. The lowest BCUT2D eigenvalue weighted by molar-refractivity contribution is -0.134. The molecule has 1 amide bonds. The molecule has 1 atom stereocenters. The van der Waals surface area contributed by atoms with Crippen molar-refractivity contribution >= 4 is 11.9 Å². The van der Waals surface area contributed by atoms with Gasteiger partial charge in [0.05, 0.1) is 6.54 Å². The van der Waals surface area contributed by atoms with Crippen molar-refractivity contribution in [2.75, 3.05) is 26.2 Å². The zero-order chi connectivity index (χ0) is 15.1. The number of carbonyl (C=O) groups is 1. The normalized spacial score (nSPS) is 23.4. The van der Waals surface area contributed by atoms with Crippen LogP contribution in [0.1, 0.15) is 39.0 Å². The first-order valence-corrected chi connectivity index (χ1v) is 8.19. The first kappa shape index (κ1) is 15.9. The van der Waals surface area contributed by atoms with Crippen molar-refractivity contribution in [1.82, 2.24) is 15.5 Å². The van der Waals surface area contributed by atoms with Gasteiger partial charge in [0, 0.05) is 31.6 Å². The number of amides is 1. The lowest BCUT2D eigenvalue weighted by Crippen LogP contribution is -2.45. The summed E-state index contributed by atoms with van der Waals surface area (Å²) in [5.41, 5.74) is 0. The van der Waals surface area contributed by atoms with Crippen LogP contribution in [0.3, 0.4) is 0 Å². The molecule has 0 aromatic carbocycles. The highest BCUT2D eigenvalue weighted by molar-refractivity contribution is 5.81. The smallest absolute Gasteiger partial charge is 0.225 e. The third-order valence-electron chi connectivity index (χ3n) is 4.27. The van der Waals surface area contributed by atoms with Gasteiger partial charge in [-0.25, -0.2) is 4.99 Å². The molecule has 118 valence electrons. The van der Waals surface area contributed by atoms with Crippen molar-refractivity contribution in [3.8, 4) is 0 Å². The molecule has 0 radical (unpaired) electrons. The molecule has 0 spiro atoms. The summed E-state index contributed by atoms with van der Waals surface area (Å²) in [5, 5.41) is 6.66. The summed E-state index contributed by atoms with van der Waals surface area (Å²) in [5.74, 6) is 1.47.